The van der Waals surface area contributed by atoms with E-state index in [2.05, 4.69) is 15.3 Å². The van der Waals surface area contributed by atoms with Crippen LogP contribution in [0, 0.1) is 5.92 Å². The molecule has 3 rings (SSSR count). The summed E-state index contributed by atoms with van der Waals surface area (Å²) in [5.41, 5.74) is -0.107. The molecule has 6 heteroatoms. The van der Waals surface area contributed by atoms with E-state index < -0.39 is 0 Å². The van der Waals surface area contributed by atoms with Crippen LogP contribution in [-0.2, 0) is 11.8 Å². The van der Waals surface area contributed by atoms with E-state index >= 15 is 0 Å². The Bertz CT molecular complexity index is 607. The monoisotopic (exact) mass is 318 g/mol. The molecule has 0 bridgehead atoms. The third kappa shape index (κ3) is 4.12. The van der Waals surface area contributed by atoms with Crippen molar-refractivity contribution in [3.05, 3.63) is 22.5 Å². The molecule has 1 amide bonds. The van der Waals surface area contributed by atoms with Gasteiger partial charge in [0.05, 0.1) is 0 Å². The topological polar surface area (TPSA) is 67.2 Å². The van der Waals surface area contributed by atoms with Crippen molar-refractivity contribution < 1.29 is 4.79 Å². The molecule has 0 radical (unpaired) electrons. The van der Waals surface area contributed by atoms with Crippen LogP contribution in [0.1, 0.15) is 44.9 Å². The maximum absolute atomic E-state index is 12.1. The highest BCUT2D eigenvalue weighted by atomic mass is 16.1. The molecule has 23 heavy (non-hydrogen) atoms. The molecular weight excluding hydrogens is 292 g/mol. The molecule has 1 aromatic rings. The first kappa shape index (κ1) is 16.0. The van der Waals surface area contributed by atoms with Gasteiger partial charge in [-0.15, -0.1) is 0 Å². The number of rotatable bonds is 5. The molecule has 1 aliphatic heterocycles. The second-order valence-electron chi connectivity index (χ2n) is 6.84. The lowest BCUT2D eigenvalue weighted by atomic mass is 10.0. The average Bonchev–Trinajstić information content (AvgIpc) is 3.19. The van der Waals surface area contributed by atoms with Crippen LogP contribution in [-0.4, -0.2) is 34.8 Å². The summed E-state index contributed by atoms with van der Waals surface area (Å²) in [6.45, 7) is 1.62. The van der Waals surface area contributed by atoms with Gasteiger partial charge in [-0.25, -0.2) is 4.68 Å². The number of carbonyl (C=O) groups is 1. The van der Waals surface area contributed by atoms with Crippen molar-refractivity contribution in [1.82, 2.24) is 15.1 Å². The Morgan fingerprint density at radius 2 is 2.09 bits per heavy atom. The number of nitrogens with zero attached hydrogens (tertiary/aromatic N) is 3. The molecule has 0 aromatic carbocycles. The Kier molecular flexibility index (Phi) is 4.98. The molecule has 1 saturated carbocycles. The summed E-state index contributed by atoms with van der Waals surface area (Å²) in [6, 6.07) is 3.48. The quantitative estimate of drug-likeness (QED) is 0.892. The lowest BCUT2D eigenvalue weighted by molar-refractivity contribution is -0.121. The molecule has 1 unspecified atom stereocenters. The van der Waals surface area contributed by atoms with Gasteiger partial charge < -0.3 is 10.2 Å². The number of aromatic nitrogens is 2. The maximum atomic E-state index is 12.1. The Balaban J connectivity index is 1.46. The summed E-state index contributed by atoms with van der Waals surface area (Å²) in [4.78, 5) is 25.6. The van der Waals surface area contributed by atoms with E-state index in [0.29, 0.717) is 6.42 Å². The van der Waals surface area contributed by atoms with Crippen LogP contribution in [0.2, 0.25) is 0 Å². The summed E-state index contributed by atoms with van der Waals surface area (Å²) < 4.78 is 1.35. The molecule has 1 aromatic heterocycles. The summed E-state index contributed by atoms with van der Waals surface area (Å²) in [6.07, 6.45) is 7.86. The van der Waals surface area contributed by atoms with Crippen molar-refractivity contribution >= 4 is 11.7 Å². The SMILES string of the molecule is Cn1nc(N2CCC(NC(=O)CCC3CCCC3)C2)ccc1=O. The number of aryl methyl sites for hydroxylation is 1. The molecular formula is C17H26N4O2. The van der Waals surface area contributed by atoms with Crippen molar-refractivity contribution in [3.63, 3.8) is 0 Å². The highest BCUT2D eigenvalue weighted by molar-refractivity contribution is 5.76. The van der Waals surface area contributed by atoms with Gasteiger partial charge in [-0.05, 0) is 24.8 Å². The second kappa shape index (κ2) is 7.15. The van der Waals surface area contributed by atoms with Crippen molar-refractivity contribution in [2.24, 2.45) is 13.0 Å². The highest BCUT2D eigenvalue weighted by Crippen LogP contribution is 2.28. The minimum atomic E-state index is -0.107. The van der Waals surface area contributed by atoms with Crippen LogP contribution in [0.15, 0.2) is 16.9 Å². The fourth-order valence-corrected chi connectivity index (χ4v) is 3.68. The third-order valence-corrected chi connectivity index (χ3v) is 5.08. The Hall–Kier alpha value is -1.85. The summed E-state index contributed by atoms with van der Waals surface area (Å²) >= 11 is 0. The van der Waals surface area contributed by atoms with Gasteiger partial charge in [0.25, 0.3) is 5.56 Å². The lowest BCUT2D eigenvalue weighted by Crippen LogP contribution is -2.37. The second-order valence-corrected chi connectivity index (χ2v) is 6.84. The summed E-state index contributed by atoms with van der Waals surface area (Å²) in [5, 5.41) is 7.43. The zero-order chi connectivity index (χ0) is 16.2. The van der Waals surface area contributed by atoms with E-state index in [9.17, 15) is 9.59 Å². The molecule has 1 atom stereocenters. The van der Waals surface area contributed by atoms with E-state index in [-0.39, 0.29) is 17.5 Å². The van der Waals surface area contributed by atoms with Gasteiger partial charge in [0, 0.05) is 38.7 Å². The van der Waals surface area contributed by atoms with E-state index in [0.717, 1.165) is 37.7 Å². The summed E-state index contributed by atoms with van der Waals surface area (Å²) in [7, 11) is 1.66. The standard InChI is InChI=1S/C17H26N4O2/c1-20-17(23)9-7-15(19-20)21-11-10-14(12-21)18-16(22)8-6-13-4-2-3-5-13/h7,9,13-14H,2-6,8,10-12H2,1H3,(H,18,22). The lowest BCUT2D eigenvalue weighted by Gasteiger charge is -2.18. The van der Waals surface area contributed by atoms with Crippen molar-refractivity contribution in [1.29, 1.82) is 0 Å². The van der Waals surface area contributed by atoms with Crippen LogP contribution < -0.4 is 15.8 Å². The number of carbonyl (C=O) groups excluding carboxylic acids is 1. The number of nitrogens with one attached hydrogen (secondary N) is 1. The number of hydrogen-bond acceptors (Lipinski definition) is 4. The van der Waals surface area contributed by atoms with E-state index in [1.807, 2.05) is 0 Å². The Morgan fingerprint density at radius 3 is 2.83 bits per heavy atom. The molecule has 126 valence electrons. The molecule has 1 saturated heterocycles. The van der Waals surface area contributed by atoms with Crippen molar-refractivity contribution in [2.45, 2.75) is 51.0 Å². The van der Waals surface area contributed by atoms with Gasteiger partial charge in [0.15, 0.2) is 0 Å². The van der Waals surface area contributed by atoms with E-state index in [4.69, 9.17) is 0 Å². The van der Waals surface area contributed by atoms with Crippen molar-refractivity contribution in [2.75, 3.05) is 18.0 Å². The normalized spacial score (nSPS) is 21.8. The molecule has 1 N–H and O–H groups in total. The van der Waals surface area contributed by atoms with Crippen LogP contribution in [0.4, 0.5) is 5.82 Å². The first-order valence-corrected chi connectivity index (χ1v) is 8.70. The van der Waals surface area contributed by atoms with Gasteiger partial charge in [-0.2, -0.15) is 5.10 Å². The average molecular weight is 318 g/mol. The van der Waals surface area contributed by atoms with Gasteiger partial charge >= 0.3 is 0 Å². The highest BCUT2D eigenvalue weighted by Gasteiger charge is 2.25. The smallest absolute Gasteiger partial charge is 0.266 e. The van der Waals surface area contributed by atoms with E-state index in [1.54, 1.807) is 13.1 Å². The molecule has 1 aliphatic carbocycles. The summed E-state index contributed by atoms with van der Waals surface area (Å²) in [5.74, 6) is 1.74. The number of amides is 1. The van der Waals surface area contributed by atoms with Gasteiger partial charge in [-0.3, -0.25) is 9.59 Å². The Morgan fingerprint density at radius 1 is 1.30 bits per heavy atom. The van der Waals surface area contributed by atoms with Crippen LogP contribution in [0.25, 0.3) is 0 Å². The predicted octanol–water partition coefficient (Wildman–Crippen LogP) is 1.45. The fourth-order valence-electron chi connectivity index (χ4n) is 3.68. The van der Waals surface area contributed by atoms with Crippen molar-refractivity contribution in [3.8, 4) is 0 Å². The number of hydrogen-bond donors (Lipinski definition) is 1. The predicted molar refractivity (Wildman–Crippen MR) is 89.4 cm³/mol. The molecule has 6 nitrogen and oxygen atoms in total. The van der Waals surface area contributed by atoms with Gasteiger partial charge in [0.1, 0.15) is 5.82 Å². The largest absolute Gasteiger partial charge is 0.353 e. The fraction of sp³-hybridized carbons (Fsp3) is 0.706. The van der Waals surface area contributed by atoms with E-state index in [1.165, 1.54) is 36.4 Å². The minimum Gasteiger partial charge on any atom is -0.353 e. The first-order chi connectivity index (χ1) is 11.1. The molecule has 2 heterocycles. The zero-order valence-corrected chi connectivity index (χ0v) is 13.8. The number of anilines is 1. The van der Waals surface area contributed by atoms with Gasteiger partial charge in [0.2, 0.25) is 5.91 Å². The van der Waals surface area contributed by atoms with Crippen LogP contribution in [0.3, 0.4) is 0 Å². The molecule has 2 aliphatic rings. The molecule has 2 fully saturated rings. The minimum absolute atomic E-state index is 0.107. The van der Waals surface area contributed by atoms with Gasteiger partial charge in [-0.1, -0.05) is 25.7 Å². The first-order valence-electron chi connectivity index (χ1n) is 8.70. The Labute approximate surface area is 136 Å². The molecule has 0 spiro atoms. The van der Waals surface area contributed by atoms with Crippen LogP contribution >= 0.6 is 0 Å². The zero-order valence-electron chi connectivity index (χ0n) is 13.8. The maximum Gasteiger partial charge on any atom is 0.266 e. The van der Waals surface area contributed by atoms with Crippen LogP contribution in [0.5, 0.6) is 0 Å². The third-order valence-electron chi connectivity index (χ3n) is 5.08.